The van der Waals surface area contributed by atoms with Gasteiger partial charge in [0.2, 0.25) is 0 Å². The molecule has 4 nitrogen and oxygen atoms in total. The lowest BCUT2D eigenvalue weighted by Gasteiger charge is -2.17. The van der Waals surface area contributed by atoms with Gasteiger partial charge >= 0.3 is 0 Å². The SMILES string of the molecule is Cc1cc(C(O)CNC(C)C)c(F)c(C#N)c1N. The van der Waals surface area contributed by atoms with Gasteiger partial charge in [-0.2, -0.15) is 5.26 Å². The highest BCUT2D eigenvalue weighted by Gasteiger charge is 2.19. The molecule has 1 atom stereocenters. The smallest absolute Gasteiger partial charge is 0.148 e. The van der Waals surface area contributed by atoms with Crippen molar-refractivity contribution in [2.24, 2.45) is 0 Å². The summed E-state index contributed by atoms with van der Waals surface area (Å²) in [5, 5.41) is 21.8. The molecule has 0 amide bonds. The van der Waals surface area contributed by atoms with Crippen LogP contribution in [0.2, 0.25) is 0 Å². The van der Waals surface area contributed by atoms with E-state index in [2.05, 4.69) is 5.32 Å². The highest BCUT2D eigenvalue weighted by atomic mass is 19.1. The number of nitrogens with two attached hydrogens (primary N) is 1. The summed E-state index contributed by atoms with van der Waals surface area (Å²) >= 11 is 0. The Morgan fingerprint density at radius 2 is 2.17 bits per heavy atom. The highest BCUT2D eigenvalue weighted by Crippen LogP contribution is 2.27. The van der Waals surface area contributed by atoms with Gasteiger partial charge in [0.15, 0.2) is 0 Å². The first-order valence-electron chi connectivity index (χ1n) is 5.78. The van der Waals surface area contributed by atoms with Gasteiger partial charge in [0.1, 0.15) is 17.4 Å². The van der Waals surface area contributed by atoms with E-state index in [1.54, 1.807) is 13.0 Å². The molecular weight excluding hydrogens is 233 g/mol. The van der Waals surface area contributed by atoms with Crippen molar-refractivity contribution in [3.8, 4) is 6.07 Å². The maximum absolute atomic E-state index is 14.0. The van der Waals surface area contributed by atoms with Crippen LogP contribution in [0.25, 0.3) is 0 Å². The Kier molecular flexibility index (Phi) is 4.65. The Labute approximate surface area is 106 Å². The largest absolute Gasteiger partial charge is 0.397 e. The van der Waals surface area contributed by atoms with E-state index in [4.69, 9.17) is 11.0 Å². The second-order valence-electron chi connectivity index (χ2n) is 4.58. The minimum absolute atomic E-state index is 0.103. The summed E-state index contributed by atoms with van der Waals surface area (Å²) in [6.45, 7) is 5.76. The molecule has 5 heteroatoms. The second-order valence-corrected chi connectivity index (χ2v) is 4.58. The Bertz CT molecular complexity index is 480. The molecule has 1 unspecified atom stereocenters. The molecule has 18 heavy (non-hydrogen) atoms. The second kappa shape index (κ2) is 5.80. The van der Waals surface area contributed by atoms with E-state index < -0.39 is 11.9 Å². The Morgan fingerprint density at radius 3 is 2.67 bits per heavy atom. The standard InChI is InChI=1S/C13H18FN3O/c1-7(2)17-6-11(18)9-4-8(3)13(16)10(5-15)12(9)14/h4,7,11,17-18H,6,16H2,1-3H3. The zero-order chi connectivity index (χ0) is 13.9. The number of nitrogens with one attached hydrogen (secondary N) is 1. The van der Waals surface area contributed by atoms with E-state index in [-0.39, 0.29) is 29.4 Å². The molecule has 0 aromatic heterocycles. The van der Waals surface area contributed by atoms with Crippen LogP contribution in [0.1, 0.15) is 36.6 Å². The van der Waals surface area contributed by atoms with Gasteiger partial charge in [-0.1, -0.05) is 13.8 Å². The van der Waals surface area contributed by atoms with E-state index in [0.717, 1.165) is 0 Å². The van der Waals surface area contributed by atoms with Crippen molar-refractivity contribution in [2.75, 3.05) is 12.3 Å². The van der Waals surface area contributed by atoms with Gasteiger partial charge in [0, 0.05) is 18.2 Å². The van der Waals surface area contributed by atoms with Crippen LogP contribution >= 0.6 is 0 Å². The van der Waals surface area contributed by atoms with E-state index >= 15 is 0 Å². The minimum Gasteiger partial charge on any atom is -0.397 e. The van der Waals surface area contributed by atoms with Crippen molar-refractivity contribution < 1.29 is 9.50 Å². The fourth-order valence-corrected chi connectivity index (χ4v) is 1.64. The monoisotopic (exact) mass is 251 g/mol. The lowest BCUT2D eigenvalue weighted by atomic mass is 9.99. The zero-order valence-corrected chi connectivity index (χ0v) is 10.8. The van der Waals surface area contributed by atoms with Gasteiger partial charge in [0.05, 0.1) is 11.8 Å². The number of hydrogen-bond donors (Lipinski definition) is 3. The molecule has 1 rings (SSSR count). The van der Waals surface area contributed by atoms with E-state index in [9.17, 15) is 9.50 Å². The van der Waals surface area contributed by atoms with Crippen LogP contribution < -0.4 is 11.1 Å². The zero-order valence-electron chi connectivity index (χ0n) is 10.8. The van der Waals surface area contributed by atoms with Crippen molar-refractivity contribution in [2.45, 2.75) is 32.9 Å². The van der Waals surface area contributed by atoms with Crippen LogP contribution in [0, 0.1) is 24.1 Å². The van der Waals surface area contributed by atoms with Crippen LogP contribution in [0.15, 0.2) is 6.07 Å². The van der Waals surface area contributed by atoms with Gasteiger partial charge < -0.3 is 16.2 Å². The molecule has 0 aliphatic heterocycles. The van der Waals surface area contributed by atoms with Gasteiger partial charge in [-0.15, -0.1) is 0 Å². The third kappa shape index (κ3) is 2.97. The Balaban J connectivity index is 3.10. The summed E-state index contributed by atoms with van der Waals surface area (Å²) in [4.78, 5) is 0. The van der Waals surface area contributed by atoms with Crippen molar-refractivity contribution in [1.82, 2.24) is 5.32 Å². The molecule has 4 N–H and O–H groups in total. The highest BCUT2D eigenvalue weighted by molar-refractivity contribution is 5.61. The number of rotatable bonds is 4. The summed E-state index contributed by atoms with van der Waals surface area (Å²) in [5.74, 6) is -0.737. The van der Waals surface area contributed by atoms with Crippen LogP contribution in [-0.4, -0.2) is 17.7 Å². The maximum Gasteiger partial charge on any atom is 0.148 e. The molecule has 98 valence electrons. The van der Waals surface area contributed by atoms with Gasteiger partial charge in [-0.3, -0.25) is 0 Å². The summed E-state index contributed by atoms with van der Waals surface area (Å²) in [6.07, 6.45) is -1.00. The van der Waals surface area contributed by atoms with Crippen molar-refractivity contribution in [3.05, 3.63) is 28.6 Å². The maximum atomic E-state index is 14.0. The number of aliphatic hydroxyl groups is 1. The molecule has 0 aliphatic carbocycles. The molecule has 0 aliphatic rings. The minimum atomic E-state index is -1.00. The first-order valence-corrected chi connectivity index (χ1v) is 5.78. The molecule has 0 saturated carbocycles. The average Bonchev–Trinajstić information content (AvgIpc) is 2.31. The average molecular weight is 251 g/mol. The molecule has 0 bridgehead atoms. The number of nitriles is 1. The number of halogens is 1. The molecule has 0 heterocycles. The van der Waals surface area contributed by atoms with Gasteiger partial charge in [-0.25, -0.2) is 4.39 Å². The number of hydrogen-bond acceptors (Lipinski definition) is 4. The van der Waals surface area contributed by atoms with Crippen LogP contribution in [0.3, 0.4) is 0 Å². The van der Waals surface area contributed by atoms with Crippen molar-refractivity contribution in [1.29, 1.82) is 5.26 Å². The van der Waals surface area contributed by atoms with E-state index in [1.165, 1.54) is 6.07 Å². The normalized spacial score (nSPS) is 12.5. The fourth-order valence-electron chi connectivity index (χ4n) is 1.64. The van der Waals surface area contributed by atoms with Crippen molar-refractivity contribution in [3.63, 3.8) is 0 Å². The fraction of sp³-hybridized carbons (Fsp3) is 0.462. The molecule has 1 aromatic rings. The molecule has 0 fully saturated rings. The molecule has 0 radical (unpaired) electrons. The topological polar surface area (TPSA) is 82.1 Å². The Hall–Kier alpha value is -1.64. The third-order valence-corrected chi connectivity index (χ3v) is 2.73. The van der Waals surface area contributed by atoms with Gasteiger partial charge in [0.25, 0.3) is 0 Å². The summed E-state index contributed by atoms with van der Waals surface area (Å²) in [6, 6.07) is 3.41. The van der Waals surface area contributed by atoms with Gasteiger partial charge in [-0.05, 0) is 18.6 Å². The lowest BCUT2D eigenvalue weighted by molar-refractivity contribution is 0.167. The number of nitrogen functional groups attached to an aromatic ring is 1. The predicted octanol–water partition coefficient (Wildman–Crippen LogP) is 1.62. The molecule has 1 aromatic carbocycles. The molecule has 0 saturated heterocycles. The van der Waals surface area contributed by atoms with E-state index in [0.29, 0.717) is 5.56 Å². The van der Waals surface area contributed by atoms with E-state index in [1.807, 2.05) is 13.8 Å². The van der Waals surface area contributed by atoms with Crippen LogP contribution in [0.5, 0.6) is 0 Å². The number of aliphatic hydroxyl groups excluding tert-OH is 1. The molecule has 0 spiro atoms. The van der Waals surface area contributed by atoms with Crippen LogP contribution in [-0.2, 0) is 0 Å². The quantitative estimate of drug-likeness (QED) is 0.710. The number of benzene rings is 1. The third-order valence-electron chi connectivity index (χ3n) is 2.73. The lowest BCUT2D eigenvalue weighted by Crippen LogP contribution is -2.28. The first kappa shape index (κ1) is 14.4. The Morgan fingerprint density at radius 1 is 1.56 bits per heavy atom. The number of aryl methyl sites for hydroxylation is 1. The summed E-state index contributed by atoms with van der Waals surface area (Å²) < 4.78 is 14.0. The number of nitrogens with zero attached hydrogens (tertiary/aromatic N) is 1. The van der Waals surface area contributed by atoms with Crippen LogP contribution in [0.4, 0.5) is 10.1 Å². The predicted molar refractivity (Wildman–Crippen MR) is 68.4 cm³/mol. The first-order chi connectivity index (χ1) is 8.38. The number of anilines is 1. The van der Waals surface area contributed by atoms with Crippen molar-refractivity contribution >= 4 is 5.69 Å². The molecular formula is C13H18FN3O. The summed E-state index contributed by atoms with van der Waals surface area (Å²) in [5.41, 5.74) is 6.25. The summed E-state index contributed by atoms with van der Waals surface area (Å²) in [7, 11) is 0.